The Kier molecular flexibility index (Phi) is 5.84. The molecular weight excluding hydrogens is 356 g/mol. The van der Waals surface area contributed by atoms with Gasteiger partial charge in [0.05, 0.1) is 0 Å². The summed E-state index contributed by atoms with van der Waals surface area (Å²) in [7, 11) is 0. The van der Waals surface area contributed by atoms with Crippen molar-refractivity contribution in [3.05, 3.63) is 71.6 Å². The molecule has 2 amide bonds. The van der Waals surface area contributed by atoms with Crippen LogP contribution in [-0.2, 0) is 0 Å². The maximum absolute atomic E-state index is 12.3. The van der Waals surface area contributed by atoms with E-state index < -0.39 is 6.04 Å². The topological polar surface area (TPSA) is 97.1 Å². The zero-order valence-electron chi connectivity index (χ0n) is 16.0. The Balaban J connectivity index is 1.73. The van der Waals surface area contributed by atoms with E-state index in [4.69, 9.17) is 4.52 Å². The van der Waals surface area contributed by atoms with Crippen molar-refractivity contribution >= 4 is 11.8 Å². The highest BCUT2D eigenvalue weighted by Crippen LogP contribution is 2.20. The number of hydrogen-bond donors (Lipinski definition) is 2. The van der Waals surface area contributed by atoms with Gasteiger partial charge in [-0.1, -0.05) is 35.5 Å². The van der Waals surface area contributed by atoms with Gasteiger partial charge in [0.2, 0.25) is 11.7 Å². The van der Waals surface area contributed by atoms with Crippen LogP contribution >= 0.6 is 0 Å². The van der Waals surface area contributed by atoms with Gasteiger partial charge >= 0.3 is 0 Å². The van der Waals surface area contributed by atoms with Crippen LogP contribution in [-0.4, -0.2) is 28.0 Å². The molecule has 3 rings (SSSR count). The molecule has 0 spiro atoms. The quantitative estimate of drug-likeness (QED) is 0.685. The zero-order valence-corrected chi connectivity index (χ0v) is 16.0. The third kappa shape index (κ3) is 4.62. The Morgan fingerprint density at radius 2 is 1.57 bits per heavy atom. The van der Waals surface area contributed by atoms with Gasteiger partial charge in [0.15, 0.2) is 0 Å². The zero-order chi connectivity index (χ0) is 20.1. The lowest BCUT2D eigenvalue weighted by Crippen LogP contribution is -2.30. The van der Waals surface area contributed by atoms with Gasteiger partial charge in [-0.25, -0.2) is 0 Å². The molecule has 1 heterocycles. The summed E-state index contributed by atoms with van der Waals surface area (Å²) >= 11 is 0. The Hall–Kier alpha value is -3.48. The molecule has 7 nitrogen and oxygen atoms in total. The number of rotatable bonds is 6. The van der Waals surface area contributed by atoms with E-state index in [-0.39, 0.29) is 23.7 Å². The summed E-state index contributed by atoms with van der Waals surface area (Å²) in [4.78, 5) is 28.8. The minimum atomic E-state index is -0.457. The fraction of sp³-hybridized carbons (Fsp3) is 0.238. The summed E-state index contributed by atoms with van der Waals surface area (Å²) in [6, 6.07) is 15.5. The van der Waals surface area contributed by atoms with Gasteiger partial charge in [0.1, 0.15) is 6.04 Å². The van der Waals surface area contributed by atoms with Crippen LogP contribution < -0.4 is 10.6 Å². The van der Waals surface area contributed by atoms with E-state index in [2.05, 4.69) is 20.8 Å². The standard InChI is InChI=1S/C21H22N4O3/c1-13(2)22-20(27)17-11-7-10-16(12-17)18-24-21(28-25-18)14(3)23-19(26)15-8-5-4-6-9-15/h4-14H,1-3H3,(H,22,27)(H,23,26)/t14-/m0/s1. The number of nitrogens with one attached hydrogen (secondary N) is 2. The van der Waals surface area contributed by atoms with E-state index >= 15 is 0 Å². The average molecular weight is 378 g/mol. The molecule has 0 bridgehead atoms. The van der Waals surface area contributed by atoms with Gasteiger partial charge in [0.25, 0.3) is 11.8 Å². The van der Waals surface area contributed by atoms with Crippen LogP contribution in [0.1, 0.15) is 53.4 Å². The Morgan fingerprint density at radius 1 is 0.893 bits per heavy atom. The summed E-state index contributed by atoms with van der Waals surface area (Å²) in [5.74, 6) is 0.260. The van der Waals surface area contributed by atoms with Crippen LogP contribution in [0.25, 0.3) is 11.4 Å². The lowest BCUT2D eigenvalue weighted by Gasteiger charge is -2.09. The van der Waals surface area contributed by atoms with E-state index in [0.717, 1.165) is 0 Å². The summed E-state index contributed by atoms with van der Waals surface area (Å²) in [6.45, 7) is 5.57. The van der Waals surface area contributed by atoms with Crippen LogP contribution in [0.15, 0.2) is 59.1 Å². The molecule has 3 aromatic rings. The van der Waals surface area contributed by atoms with Crippen molar-refractivity contribution in [2.45, 2.75) is 32.9 Å². The number of hydrogen-bond acceptors (Lipinski definition) is 5. The number of aromatic nitrogens is 2. The minimum absolute atomic E-state index is 0.0435. The molecule has 0 aliphatic heterocycles. The molecule has 7 heteroatoms. The van der Waals surface area contributed by atoms with Gasteiger partial charge in [-0.15, -0.1) is 0 Å². The van der Waals surface area contributed by atoms with Crippen LogP contribution in [0.2, 0.25) is 0 Å². The average Bonchev–Trinajstić information content (AvgIpc) is 3.18. The second-order valence-electron chi connectivity index (χ2n) is 6.73. The van der Waals surface area contributed by atoms with E-state index in [9.17, 15) is 9.59 Å². The molecule has 0 radical (unpaired) electrons. The minimum Gasteiger partial charge on any atom is -0.350 e. The van der Waals surface area contributed by atoms with Crippen molar-refractivity contribution in [3.63, 3.8) is 0 Å². The first-order valence-corrected chi connectivity index (χ1v) is 9.05. The molecule has 0 aliphatic carbocycles. The lowest BCUT2D eigenvalue weighted by atomic mass is 10.1. The van der Waals surface area contributed by atoms with Crippen LogP contribution in [0.4, 0.5) is 0 Å². The van der Waals surface area contributed by atoms with Crippen molar-refractivity contribution in [2.24, 2.45) is 0 Å². The molecule has 1 aromatic heterocycles. The van der Waals surface area contributed by atoms with Gasteiger partial charge in [-0.05, 0) is 45.0 Å². The van der Waals surface area contributed by atoms with Crippen LogP contribution in [0.3, 0.4) is 0 Å². The Bertz CT molecular complexity index is 967. The number of carbonyl (C=O) groups is 2. The van der Waals surface area contributed by atoms with Crippen molar-refractivity contribution < 1.29 is 14.1 Å². The predicted octanol–water partition coefficient (Wildman–Crippen LogP) is 3.37. The first kappa shape index (κ1) is 19.3. The third-order valence-electron chi connectivity index (χ3n) is 4.00. The molecular formula is C21H22N4O3. The van der Waals surface area contributed by atoms with Crippen LogP contribution in [0, 0.1) is 0 Å². The number of carbonyl (C=O) groups excluding carboxylic acids is 2. The van der Waals surface area contributed by atoms with E-state index in [1.807, 2.05) is 19.9 Å². The number of amides is 2. The molecule has 2 N–H and O–H groups in total. The van der Waals surface area contributed by atoms with Gasteiger partial charge in [-0.2, -0.15) is 4.98 Å². The highest BCUT2D eigenvalue weighted by molar-refractivity contribution is 5.95. The van der Waals surface area contributed by atoms with Gasteiger partial charge in [0, 0.05) is 22.7 Å². The molecule has 1 atom stereocenters. The largest absolute Gasteiger partial charge is 0.350 e. The maximum Gasteiger partial charge on any atom is 0.251 e. The molecule has 2 aromatic carbocycles. The fourth-order valence-corrected chi connectivity index (χ4v) is 2.60. The smallest absolute Gasteiger partial charge is 0.251 e. The van der Waals surface area contributed by atoms with Crippen molar-refractivity contribution in [2.75, 3.05) is 0 Å². The van der Waals surface area contributed by atoms with E-state index in [1.54, 1.807) is 55.5 Å². The highest BCUT2D eigenvalue weighted by atomic mass is 16.5. The SMILES string of the molecule is CC(C)NC(=O)c1cccc(-c2noc([C@H](C)NC(=O)c3ccccc3)n2)c1. The first-order valence-electron chi connectivity index (χ1n) is 9.05. The molecule has 28 heavy (non-hydrogen) atoms. The fourth-order valence-electron chi connectivity index (χ4n) is 2.60. The van der Waals surface area contributed by atoms with Crippen molar-refractivity contribution in [1.29, 1.82) is 0 Å². The second-order valence-corrected chi connectivity index (χ2v) is 6.73. The molecule has 0 fully saturated rings. The Labute approximate surface area is 163 Å². The predicted molar refractivity (Wildman–Crippen MR) is 105 cm³/mol. The molecule has 0 saturated heterocycles. The Morgan fingerprint density at radius 3 is 2.29 bits per heavy atom. The normalized spacial score (nSPS) is 11.9. The summed E-state index contributed by atoms with van der Waals surface area (Å²) < 4.78 is 5.31. The maximum atomic E-state index is 12.3. The second kappa shape index (κ2) is 8.47. The van der Waals surface area contributed by atoms with E-state index in [0.29, 0.717) is 22.5 Å². The summed E-state index contributed by atoms with van der Waals surface area (Å²) in [6.07, 6.45) is 0. The van der Waals surface area contributed by atoms with Crippen molar-refractivity contribution in [1.82, 2.24) is 20.8 Å². The van der Waals surface area contributed by atoms with Gasteiger partial charge in [-0.3, -0.25) is 9.59 Å². The number of nitrogens with zero attached hydrogens (tertiary/aromatic N) is 2. The summed E-state index contributed by atoms with van der Waals surface area (Å²) in [5.41, 5.74) is 1.73. The van der Waals surface area contributed by atoms with Gasteiger partial charge < -0.3 is 15.2 Å². The highest BCUT2D eigenvalue weighted by Gasteiger charge is 2.18. The third-order valence-corrected chi connectivity index (χ3v) is 4.00. The monoisotopic (exact) mass is 378 g/mol. The van der Waals surface area contributed by atoms with E-state index in [1.165, 1.54) is 0 Å². The first-order chi connectivity index (χ1) is 13.4. The van der Waals surface area contributed by atoms with Crippen molar-refractivity contribution in [3.8, 4) is 11.4 Å². The molecule has 144 valence electrons. The number of benzene rings is 2. The molecule has 0 saturated carbocycles. The van der Waals surface area contributed by atoms with Crippen LogP contribution in [0.5, 0.6) is 0 Å². The molecule has 0 aliphatic rings. The molecule has 0 unspecified atom stereocenters. The lowest BCUT2D eigenvalue weighted by molar-refractivity contribution is 0.0928. The summed E-state index contributed by atoms with van der Waals surface area (Å²) in [5, 5.41) is 9.66.